The van der Waals surface area contributed by atoms with Crippen molar-refractivity contribution < 1.29 is 4.79 Å². The molecule has 0 saturated carbocycles. The van der Waals surface area contributed by atoms with Crippen molar-refractivity contribution in [3.63, 3.8) is 0 Å². The standard InChI is InChI=1S/C17H24N2O/c20-17(19-13-5-2-6-14-19)16(18-11-7-8-12-18)15-9-3-1-4-10-15/h1,3-4,9-10,16H,2,5-8,11-14H2. The van der Waals surface area contributed by atoms with Crippen molar-refractivity contribution in [1.82, 2.24) is 9.80 Å². The minimum Gasteiger partial charge on any atom is -0.341 e. The molecule has 0 spiro atoms. The first-order valence-electron chi connectivity index (χ1n) is 7.94. The third-order valence-corrected chi connectivity index (χ3v) is 4.52. The number of amides is 1. The summed E-state index contributed by atoms with van der Waals surface area (Å²) in [6.07, 6.45) is 6.03. The molecule has 0 N–H and O–H groups in total. The topological polar surface area (TPSA) is 23.6 Å². The van der Waals surface area contributed by atoms with Gasteiger partial charge >= 0.3 is 0 Å². The normalized spacial score (nSPS) is 21.9. The first kappa shape index (κ1) is 13.6. The van der Waals surface area contributed by atoms with Crippen LogP contribution in [-0.4, -0.2) is 41.9 Å². The van der Waals surface area contributed by atoms with Crippen molar-refractivity contribution in [3.8, 4) is 0 Å². The number of benzene rings is 1. The van der Waals surface area contributed by atoms with Gasteiger partial charge < -0.3 is 4.90 Å². The fraction of sp³-hybridized carbons (Fsp3) is 0.588. The first-order valence-corrected chi connectivity index (χ1v) is 7.94. The summed E-state index contributed by atoms with van der Waals surface area (Å²) < 4.78 is 0. The average Bonchev–Trinajstić information content (AvgIpc) is 3.03. The molecule has 1 amide bonds. The molecule has 20 heavy (non-hydrogen) atoms. The number of hydrogen-bond donors (Lipinski definition) is 0. The van der Waals surface area contributed by atoms with Gasteiger partial charge in [-0.05, 0) is 50.8 Å². The van der Waals surface area contributed by atoms with Crippen LogP contribution in [0.3, 0.4) is 0 Å². The average molecular weight is 272 g/mol. The summed E-state index contributed by atoms with van der Waals surface area (Å²) in [6.45, 7) is 3.99. The quantitative estimate of drug-likeness (QED) is 0.844. The lowest BCUT2D eigenvalue weighted by Crippen LogP contribution is -2.44. The molecule has 2 fully saturated rings. The second-order valence-electron chi connectivity index (χ2n) is 5.94. The van der Waals surface area contributed by atoms with E-state index in [0.717, 1.165) is 44.6 Å². The molecule has 1 atom stereocenters. The predicted octanol–water partition coefficient (Wildman–Crippen LogP) is 2.84. The monoisotopic (exact) mass is 272 g/mol. The largest absolute Gasteiger partial charge is 0.341 e. The molecule has 2 saturated heterocycles. The Bertz CT molecular complexity index is 434. The Labute approximate surface area is 121 Å². The smallest absolute Gasteiger partial charge is 0.244 e. The van der Waals surface area contributed by atoms with Gasteiger partial charge in [-0.25, -0.2) is 0 Å². The van der Waals surface area contributed by atoms with Gasteiger partial charge in [0, 0.05) is 13.1 Å². The molecule has 0 aliphatic carbocycles. The number of hydrogen-bond acceptors (Lipinski definition) is 2. The summed E-state index contributed by atoms with van der Waals surface area (Å²) in [6, 6.07) is 10.3. The maximum atomic E-state index is 13.0. The number of likely N-dealkylation sites (tertiary alicyclic amines) is 2. The predicted molar refractivity (Wildman–Crippen MR) is 80.4 cm³/mol. The van der Waals surface area contributed by atoms with E-state index < -0.39 is 0 Å². The molecular formula is C17H24N2O. The molecule has 0 radical (unpaired) electrons. The summed E-state index contributed by atoms with van der Waals surface area (Å²) in [5, 5.41) is 0. The molecule has 2 heterocycles. The van der Waals surface area contributed by atoms with Gasteiger partial charge in [-0.2, -0.15) is 0 Å². The lowest BCUT2D eigenvalue weighted by molar-refractivity contribution is -0.137. The van der Waals surface area contributed by atoms with Gasteiger partial charge in [0.1, 0.15) is 6.04 Å². The van der Waals surface area contributed by atoms with Gasteiger partial charge in [0.15, 0.2) is 0 Å². The Morgan fingerprint density at radius 3 is 2.10 bits per heavy atom. The highest BCUT2D eigenvalue weighted by molar-refractivity contribution is 5.83. The molecular weight excluding hydrogens is 248 g/mol. The number of nitrogens with zero attached hydrogens (tertiary/aromatic N) is 2. The van der Waals surface area contributed by atoms with Crippen LogP contribution >= 0.6 is 0 Å². The highest BCUT2D eigenvalue weighted by Gasteiger charge is 2.33. The van der Waals surface area contributed by atoms with Crippen LogP contribution in [0.5, 0.6) is 0 Å². The fourth-order valence-corrected chi connectivity index (χ4v) is 3.43. The molecule has 3 rings (SSSR count). The summed E-state index contributed by atoms with van der Waals surface area (Å²) in [5.74, 6) is 0.317. The molecule has 0 bridgehead atoms. The van der Waals surface area contributed by atoms with Crippen LogP contribution in [-0.2, 0) is 4.79 Å². The Morgan fingerprint density at radius 2 is 1.45 bits per heavy atom. The Hall–Kier alpha value is -1.35. The third-order valence-electron chi connectivity index (χ3n) is 4.52. The summed E-state index contributed by atoms with van der Waals surface area (Å²) in [5.41, 5.74) is 1.16. The van der Waals surface area contributed by atoms with Crippen LogP contribution in [0.15, 0.2) is 30.3 Å². The van der Waals surface area contributed by atoms with Gasteiger partial charge in [0.25, 0.3) is 0 Å². The Balaban J connectivity index is 1.82. The van der Waals surface area contributed by atoms with Crippen molar-refractivity contribution in [2.24, 2.45) is 0 Å². The van der Waals surface area contributed by atoms with Crippen molar-refractivity contribution in [2.75, 3.05) is 26.2 Å². The molecule has 2 aliphatic heterocycles. The van der Waals surface area contributed by atoms with Gasteiger partial charge in [0.2, 0.25) is 5.91 Å². The van der Waals surface area contributed by atoms with Crippen molar-refractivity contribution >= 4 is 5.91 Å². The van der Waals surface area contributed by atoms with Crippen LogP contribution in [0.25, 0.3) is 0 Å². The number of piperidine rings is 1. The lowest BCUT2D eigenvalue weighted by atomic mass is 10.0. The lowest BCUT2D eigenvalue weighted by Gasteiger charge is -2.34. The number of carbonyl (C=O) groups is 1. The first-order chi connectivity index (χ1) is 9.86. The maximum absolute atomic E-state index is 13.0. The maximum Gasteiger partial charge on any atom is 0.244 e. The molecule has 1 aromatic rings. The van der Waals surface area contributed by atoms with Crippen molar-refractivity contribution in [1.29, 1.82) is 0 Å². The van der Waals surface area contributed by atoms with Crippen LogP contribution in [0, 0.1) is 0 Å². The van der Waals surface area contributed by atoms with E-state index in [-0.39, 0.29) is 6.04 Å². The van der Waals surface area contributed by atoms with E-state index in [0.29, 0.717) is 5.91 Å². The zero-order valence-corrected chi connectivity index (χ0v) is 12.1. The van der Waals surface area contributed by atoms with Crippen LogP contribution < -0.4 is 0 Å². The highest BCUT2D eigenvalue weighted by atomic mass is 16.2. The minimum atomic E-state index is -0.0585. The zero-order chi connectivity index (χ0) is 13.8. The van der Waals surface area contributed by atoms with Gasteiger partial charge in [-0.1, -0.05) is 30.3 Å². The molecule has 1 unspecified atom stereocenters. The van der Waals surface area contributed by atoms with Gasteiger partial charge in [-0.15, -0.1) is 0 Å². The number of carbonyl (C=O) groups excluding carboxylic acids is 1. The molecule has 3 heteroatoms. The Morgan fingerprint density at radius 1 is 0.850 bits per heavy atom. The molecule has 1 aromatic carbocycles. The Kier molecular flexibility index (Phi) is 4.36. The number of rotatable bonds is 3. The third kappa shape index (κ3) is 2.88. The second-order valence-corrected chi connectivity index (χ2v) is 5.94. The second kappa shape index (κ2) is 6.40. The van der Waals surface area contributed by atoms with E-state index in [1.165, 1.54) is 19.3 Å². The molecule has 0 aromatic heterocycles. The summed E-state index contributed by atoms with van der Waals surface area (Å²) in [7, 11) is 0. The summed E-state index contributed by atoms with van der Waals surface area (Å²) in [4.78, 5) is 17.4. The van der Waals surface area contributed by atoms with E-state index in [2.05, 4.69) is 21.9 Å². The minimum absolute atomic E-state index is 0.0585. The molecule has 3 nitrogen and oxygen atoms in total. The van der Waals surface area contributed by atoms with Crippen molar-refractivity contribution in [3.05, 3.63) is 35.9 Å². The van der Waals surface area contributed by atoms with Gasteiger partial charge in [0.05, 0.1) is 0 Å². The van der Waals surface area contributed by atoms with Crippen LogP contribution in [0.2, 0.25) is 0 Å². The SMILES string of the molecule is O=C(C(c1ccccc1)N1CCCC1)N1CCCCC1. The van der Waals surface area contributed by atoms with Crippen LogP contribution in [0.4, 0.5) is 0 Å². The molecule has 108 valence electrons. The van der Waals surface area contributed by atoms with Gasteiger partial charge in [-0.3, -0.25) is 9.69 Å². The van der Waals surface area contributed by atoms with Crippen LogP contribution in [0.1, 0.15) is 43.7 Å². The van der Waals surface area contributed by atoms with E-state index in [1.54, 1.807) is 0 Å². The highest BCUT2D eigenvalue weighted by Crippen LogP contribution is 2.28. The zero-order valence-electron chi connectivity index (χ0n) is 12.1. The van der Waals surface area contributed by atoms with E-state index >= 15 is 0 Å². The van der Waals surface area contributed by atoms with E-state index in [4.69, 9.17) is 0 Å². The van der Waals surface area contributed by atoms with E-state index in [9.17, 15) is 4.79 Å². The fourth-order valence-electron chi connectivity index (χ4n) is 3.43. The molecule has 2 aliphatic rings. The van der Waals surface area contributed by atoms with Crippen molar-refractivity contribution in [2.45, 2.75) is 38.1 Å². The van der Waals surface area contributed by atoms with E-state index in [1.807, 2.05) is 18.2 Å². The summed E-state index contributed by atoms with van der Waals surface area (Å²) >= 11 is 0.